The summed E-state index contributed by atoms with van der Waals surface area (Å²) in [5.41, 5.74) is 6.73. The Morgan fingerprint density at radius 1 is 1.05 bits per heavy atom. The summed E-state index contributed by atoms with van der Waals surface area (Å²) in [7, 11) is 0. The summed E-state index contributed by atoms with van der Waals surface area (Å²) in [4.78, 5) is 2.69. The lowest BCUT2D eigenvalue weighted by atomic mass is 9.80. The molecular weight excluding hydrogens is 232 g/mol. The average molecular weight is 266 g/mol. The molecule has 1 atom stereocenters. The van der Waals surface area contributed by atoms with Crippen molar-refractivity contribution in [3.05, 3.63) is 0 Å². The van der Waals surface area contributed by atoms with Crippen LogP contribution in [0.3, 0.4) is 0 Å². The van der Waals surface area contributed by atoms with Crippen molar-refractivity contribution in [2.75, 3.05) is 19.6 Å². The molecule has 1 heterocycles. The van der Waals surface area contributed by atoms with Crippen LogP contribution in [0.25, 0.3) is 0 Å². The molecule has 2 N–H and O–H groups in total. The smallest absolute Gasteiger partial charge is 0.0166 e. The lowest BCUT2D eigenvalue weighted by molar-refractivity contribution is 0.208. The molecule has 1 saturated heterocycles. The van der Waals surface area contributed by atoms with E-state index in [1.807, 2.05) is 0 Å². The van der Waals surface area contributed by atoms with Gasteiger partial charge in [0.2, 0.25) is 0 Å². The number of hydrogen-bond donors (Lipinski definition) is 1. The average Bonchev–Trinajstić information content (AvgIpc) is 2.63. The predicted molar refractivity (Wildman–Crippen MR) is 83.2 cm³/mol. The molecule has 0 amide bonds. The molecule has 0 aromatic rings. The molecule has 1 aliphatic carbocycles. The SMILES string of the molecule is CC(C)C1CCCN(CCC2(N)CCCCC2)CC1. The van der Waals surface area contributed by atoms with E-state index in [4.69, 9.17) is 5.73 Å². The van der Waals surface area contributed by atoms with Crippen molar-refractivity contribution in [2.24, 2.45) is 17.6 Å². The second-order valence-corrected chi connectivity index (χ2v) is 7.45. The number of hydrogen-bond acceptors (Lipinski definition) is 2. The second kappa shape index (κ2) is 7.08. The lowest BCUT2D eigenvalue weighted by Gasteiger charge is -2.35. The van der Waals surface area contributed by atoms with Gasteiger partial charge in [0.05, 0.1) is 0 Å². The zero-order valence-electron chi connectivity index (χ0n) is 13.2. The monoisotopic (exact) mass is 266 g/mol. The van der Waals surface area contributed by atoms with Crippen LogP contribution in [-0.2, 0) is 0 Å². The van der Waals surface area contributed by atoms with E-state index in [1.54, 1.807) is 0 Å². The molecule has 0 bridgehead atoms. The summed E-state index contributed by atoms with van der Waals surface area (Å²) in [5, 5.41) is 0. The van der Waals surface area contributed by atoms with Crippen molar-refractivity contribution in [2.45, 2.75) is 77.2 Å². The van der Waals surface area contributed by atoms with Gasteiger partial charge in [0.25, 0.3) is 0 Å². The van der Waals surface area contributed by atoms with Gasteiger partial charge in [-0.2, -0.15) is 0 Å². The number of rotatable bonds is 4. The van der Waals surface area contributed by atoms with E-state index in [0.29, 0.717) is 0 Å². The van der Waals surface area contributed by atoms with Crippen LogP contribution in [0.4, 0.5) is 0 Å². The second-order valence-electron chi connectivity index (χ2n) is 7.45. The fourth-order valence-corrected chi connectivity index (χ4v) is 3.96. The predicted octanol–water partition coefficient (Wildman–Crippen LogP) is 3.80. The van der Waals surface area contributed by atoms with E-state index >= 15 is 0 Å². The zero-order chi connectivity index (χ0) is 13.7. The first-order valence-electron chi connectivity index (χ1n) is 8.60. The Balaban J connectivity index is 1.73. The van der Waals surface area contributed by atoms with Crippen LogP contribution in [0.2, 0.25) is 0 Å². The first-order chi connectivity index (χ1) is 9.09. The van der Waals surface area contributed by atoms with E-state index < -0.39 is 0 Å². The summed E-state index contributed by atoms with van der Waals surface area (Å²) >= 11 is 0. The standard InChI is InChI=1S/C17H34N2/c1-15(2)16-7-6-12-19(13-8-16)14-11-17(18)9-4-3-5-10-17/h15-16H,3-14,18H2,1-2H3. The minimum Gasteiger partial charge on any atom is -0.325 e. The van der Waals surface area contributed by atoms with Gasteiger partial charge in [-0.15, -0.1) is 0 Å². The first kappa shape index (κ1) is 15.3. The summed E-state index contributed by atoms with van der Waals surface area (Å²) < 4.78 is 0. The highest BCUT2D eigenvalue weighted by molar-refractivity contribution is 4.88. The Kier molecular flexibility index (Phi) is 5.70. The third-order valence-corrected chi connectivity index (χ3v) is 5.58. The van der Waals surface area contributed by atoms with E-state index in [1.165, 1.54) is 77.4 Å². The fraction of sp³-hybridized carbons (Fsp3) is 1.00. The third-order valence-electron chi connectivity index (χ3n) is 5.58. The Morgan fingerprint density at radius 2 is 1.79 bits per heavy atom. The van der Waals surface area contributed by atoms with Gasteiger partial charge in [-0.1, -0.05) is 33.1 Å². The highest BCUT2D eigenvalue weighted by Gasteiger charge is 2.28. The maximum absolute atomic E-state index is 6.56. The van der Waals surface area contributed by atoms with Crippen molar-refractivity contribution < 1.29 is 0 Å². The van der Waals surface area contributed by atoms with Gasteiger partial charge in [-0.3, -0.25) is 0 Å². The van der Waals surface area contributed by atoms with Gasteiger partial charge < -0.3 is 10.6 Å². The molecule has 2 nitrogen and oxygen atoms in total. The van der Waals surface area contributed by atoms with Gasteiger partial charge in [-0.25, -0.2) is 0 Å². The minimum atomic E-state index is 0.169. The molecule has 19 heavy (non-hydrogen) atoms. The van der Waals surface area contributed by atoms with Crippen LogP contribution in [0.15, 0.2) is 0 Å². The highest BCUT2D eigenvalue weighted by atomic mass is 15.1. The van der Waals surface area contributed by atoms with Crippen molar-refractivity contribution in [1.29, 1.82) is 0 Å². The van der Waals surface area contributed by atoms with Crippen molar-refractivity contribution in [3.63, 3.8) is 0 Å². The minimum absolute atomic E-state index is 0.169. The Bertz CT molecular complexity index is 256. The van der Waals surface area contributed by atoms with E-state index in [0.717, 1.165) is 11.8 Å². The maximum atomic E-state index is 6.56. The van der Waals surface area contributed by atoms with Crippen LogP contribution in [0.5, 0.6) is 0 Å². The van der Waals surface area contributed by atoms with Gasteiger partial charge in [0, 0.05) is 5.54 Å². The zero-order valence-corrected chi connectivity index (χ0v) is 13.2. The summed E-state index contributed by atoms with van der Waals surface area (Å²) in [6, 6.07) is 0. The van der Waals surface area contributed by atoms with Crippen LogP contribution >= 0.6 is 0 Å². The molecule has 1 unspecified atom stereocenters. The maximum Gasteiger partial charge on any atom is 0.0166 e. The van der Waals surface area contributed by atoms with E-state index in [2.05, 4.69) is 18.7 Å². The quantitative estimate of drug-likeness (QED) is 0.838. The number of nitrogens with zero attached hydrogens (tertiary/aromatic N) is 1. The molecule has 2 rings (SSSR count). The normalized spacial score (nSPS) is 29.4. The van der Waals surface area contributed by atoms with Crippen molar-refractivity contribution in [3.8, 4) is 0 Å². The molecule has 112 valence electrons. The fourth-order valence-electron chi connectivity index (χ4n) is 3.96. The summed E-state index contributed by atoms with van der Waals surface area (Å²) in [6.45, 7) is 8.62. The molecule has 0 spiro atoms. The largest absolute Gasteiger partial charge is 0.325 e. The van der Waals surface area contributed by atoms with Gasteiger partial charge >= 0.3 is 0 Å². The topological polar surface area (TPSA) is 29.3 Å². The summed E-state index contributed by atoms with van der Waals surface area (Å²) in [5.74, 6) is 1.81. The molecule has 0 radical (unpaired) electrons. The Morgan fingerprint density at radius 3 is 2.47 bits per heavy atom. The number of likely N-dealkylation sites (tertiary alicyclic amines) is 1. The molecule has 2 heteroatoms. The van der Waals surface area contributed by atoms with Gasteiger partial charge in [0.15, 0.2) is 0 Å². The molecule has 2 fully saturated rings. The molecule has 0 aromatic carbocycles. The first-order valence-corrected chi connectivity index (χ1v) is 8.60. The van der Waals surface area contributed by atoms with Gasteiger partial charge in [0.1, 0.15) is 0 Å². The van der Waals surface area contributed by atoms with Crippen LogP contribution in [0.1, 0.15) is 71.6 Å². The molecule has 2 aliphatic rings. The molecule has 0 aromatic heterocycles. The molecule has 1 aliphatic heterocycles. The van der Waals surface area contributed by atoms with E-state index in [9.17, 15) is 0 Å². The number of nitrogens with two attached hydrogens (primary N) is 1. The Labute approximate surface area is 120 Å². The molecule has 1 saturated carbocycles. The lowest BCUT2D eigenvalue weighted by Crippen LogP contribution is -2.44. The Hall–Kier alpha value is -0.0800. The van der Waals surface area contributed by atoms with Gasteiger partial charge in [-0.05, 0) is 70.0 Å². The van der Waals surface area contributed by atoms with E-state index in [-0.39, 0.29) is 5.54 Å². The van der Waals surface area contributed by atoms with Crippen LogP contribution in [0, 0.1) is 11.8 Å². The highest BCUT2D eigenvalue weighted by Crippen LogP contribution is 2.30. The third kappa shape index (κ3) is 4.75. The van der Waals surface area contributed by atoms with Crippen LogP contribution < -0.4 is 5.73 Å². The summed E-state index contributed by atoms with van der Waals surface area (Å²) in [6.07, 6.45) is 12.1. The van der Waals surface area contributed by atoms with Crippen molar-refractivity contribution in [1.82, 2.24) is 4.90 Å². The van der Waals surface area contributed by atoms with Crippen LogP contribution in [-0.4, -0.2) is 30.1 Å². The molecular formula is C17H34N2. The van der Waals surface area contributed by atoms with Crippen molar-refractivity contribution >= 4 is 0 Å².